The summed E-state index contributed by atoms with van der Waals surface area (Å²) in [5.74, 6) is 0.751. The van der Waals surface area contributed by atoms with E-state index in [0.29, 0.717) is 5.69 Å². The number of rotatable bonds is 3. The number of pyridine rings is 1. The molecule has 3 aromatic heterocycles. The highest BCUT2D eigenvalue weighted by molar-refractivity contribution is 7.13. The lowest BCUT2D eigenvalue weighted by atomic mass is 10.2. The van der Waals surface area contributed by atoms with Gasteiger partial charge in [0.1, 0.15) is 0 Å². The van der Waals surface area contributed by atoms with Crippen molar-refractivity contribution >= 4 is 11.3 Å². The maximum Gasteiger partial charge on any atom is 0.153 e. The minimum atomic E-state index is -0.0579. The Morgan fingerprint density at radius 2 is 2.22 bits per heavy atom. The topological polar surface area (TPSA) is 50.9 Å². The van der Waals surface area contributed by atoms with E-state index in [1.165, 1.54) is 4.88 Å². The standard InChI is InChI=1S/C13H11N3OS/c17-9-11-4-6-16(15-11)13-8-10(3-5-14-13)12-2-1-7-18-12/h1-8,17H,9H2. The average Bonchev–Trinajstić information content (AvgIpc) is 3.10. The first-order chi connectivity index (χ1) is 8.86. The lowest BCUT2D eigenvalue weighted by Crippen LogP contribution is -1.99. The maximum absolute atomic E-state index is 9.01. The molecule has 0 spiro atoms. The van der Waals surface area contributed by atoms with Gasteiger partial charge in [0.15, 0.2) is 5.82 Å². The first-order valence-electron chi connectivity index (χ1n) is 5.52. The highest BCUT2D eigenvalue weighted by Gasteiger charge is 2.04. The summed E-state index contributed by atoms with van der Waals surface area (Å²) in [7, 11) is 0. The van der Waals surface area contributed by atoms with Crippen molar-refractivity contribution in [3.8, 4) is 16.3 Å². The van der Waals surface area contributed by atoms with Crippen LogP contribution in [0.1, 0.15) is 5.69 Å². The normalized spacial score (nSPS) is 10.7. The molecule has 3 heterocycles. The predicted molar refractivity (Wildman–Crippen MR) is 70.6 cm³/mol. The summed E-state index contributed by atoms with van der Waals surface area (Å²) in [5, 5.41) is 15.3. The van der Waals surface area contributed by atoms with Crippen LogP contribution in [-0.2, 0) is 6.61 Å². The minimum absolute atomic E-state index is 0.0579. The van der Waals surface area contributed by atoms with Crippen LogP contribution in [0.4, 0.5) is 0 Å². The van der Waals surface area contributed by atoms with Crippen LogP contribution in [-0.4, -0.2) is 19.9 Å². The fraction of sp³-hybridized carbons (Fsp3) is 0.0769. The molecular formula is C13H11N3OS. The molecule has 0 saturated heterocycles. The van der Waals surface area contributed by atoms with Gasteiger partial charge in [-0.15, -0.1) is 11.3 Å². The fourth-order valence-corrected chi connectivity index (χ4v) is 2.44. The largest absolute Gasteiger partial charge is 0.390 e. The Labute approximate surface area is 108 Å². The quantitative estimate of drug-likeness (QED) is 0.784. The van der Waals surface area contributed by atoms with Gasteiger partial charge >= 0.3 is 0 Å². The Balaban J connectivity index is 2.00. The molecule has 0 bridgehead atoms. The van der Waals surface area contributed by atoms with Crippen LogP contribution < -0.4 is 0 Å². The summed E-state index contributed by atoms with van der Waals surface area (Å²) >= 11 is 1.69. The van der Waals surface area contributed by atoms with Crippen LogP contribution in [0.25, 0.3) is 16.3 Å². The van der Waals surface area contributed by atoms with Gasteiger partial charge in [-0.2, -0.15) is 5.10 Å². The van der Waals surface area contributed by atoms with Gasteiger partial charge in [-0.3, -0.25) is 0 Å². The van der Waals surface area contributed by atoms with Crippen molar-refractivity contribution < 1.29 is 5.11 Å². The van der Waals surface area contributed by atoms with E-state index in [0.717, 1.165) is 11.4 Å². The molecular weight excluding hydrogens is 246 g/mol. The molecule has 3 rings (SSSR count). The molecule has 0 aliphatic carbocycles. The maximum atomic E-state index is 9.01. The van der Waals surface area contributed by atoms with E-state index < -0.39 is 0 Å². The van der Waals surface area contributed by atoms with Gasteiger partial charge in [-0.05, 0) is 35.2 Å². The number of hydrogen-bond acceptors (Lipinski definition) is 4. The van der Waals surface area contributed by atoms with Gasteiger partial charge in [0.25, 0.3) is 0 Å². The number of hydrogen-bond donors (Lipinski definition) is 1. The average molecular weight is 257 g/mol. The monoisotopic (exact) mass is 257 g/mol. The molecule has 4 nitrogen and oxygen atoms in total. The number of aliphatic hydroxyl groups excluding tert-OH is 1. The van der Waals surface area contributed by atoms with Crippen molar-refractivity contribution in [2.45, 2.75) is 6.61 Å². The van der Waals surface area contributed by atoms with Crippen molar-refractivity contribution in [2.75, 3.05) is 0 Å². The Morgan fingerprint density at radius 3 is 2.94 bits per heavy atom. The van der Waals surface area contributed by atoms with E-state index in [1.54, 1.807) is 34.5 Å². The van der Waals surface area contributed by atoms with E-state index in [4.69, 9.17) is 5.11 Å². The molecule has 0 aromatic carbocycles. The van der Waals surface area contributed by atoms with Crippen LogP contribution in [0.3, 0.4) is 0 Å². The molecule has 0 radical (unpaired) electrons. The molecule has 1 N–H and O–H groups in total. The smallest absolute Gasteiger partial charge is 0.153 e. The van der Waals surface area contributed by atoms with Crippen molar-refractivity contribution in [2.24, 2.45) is 0 Å². The lowest BCUT2D eigenvalue weighted by Gasteiger charge is -2.02. The van der Waals surface area contributed by atoms with Crippen molar-refractivity contribution in [1.82, 2.24) is 14.8 Å². The molecule has 0 amide bonds. The third kappa shape index (κ3) is 2.05. The van der Waals surface area contributed by atoms with E-state index in [9.17, 15) is 0 Å². The van der Waals surface area contributed by atoms with Gasteiger partial charge in [0.05, 0.1) is 12.3 Å². The lowest BCUT2D eigenvalue weighted by molar-refractivity contribution is 0.276. The first-order valence-corrected chi connectivity index (χ1v) is 6.40. The van der Waals surface area contributed by atoms with Crippen LogP contribution in [0.15, 0.2) is 48.1 Å². The minimum Gasteiger partial charge on any atom is -0.390 e. The summed E-state index contributed by atoms with van der Waals surface area (Å²) in [6.07, 6.45) is 3.57. The summed E-state index contributed by atoms with van der Waals surface area (Å²) in [4.78, 5) is 5.49. The second-order valence-electron chi connectivity index (χ2n) is 3.79. The first kappa shape index (κ1) is 11.1. The SMILES string of the molecule is OCc1ccn(-c2cc(-c3cccs3)ccn2)n1. The van der Waals surface area contributed by atoms with Crippen molar-refractivity contribution in [1.29, 1.82) is 0 Å². The zero-order valence-corrected chi connectivity index (χ0v) is 10.3. The fourth-order valence-electron chi connectivity index (χ4n) is 1.71. The molecule has 3 aromatic rings. The van der Waals surface area contributed by atoms with E-state index in [2.05, 4.69) is 16.1 Å². The molecule has 0 atom stereocenters. The van der Waals surface area contributed by atoms with E-state index in [1.807, 2.05) is 23.6 Å². The highest BCUT2D eigenvalue weighted by Crippen LogP contribution is 2.25. The Kier molecular flexibility index (Phi) is 2.92. The van der Waals surface area contributed by atoms with Gasteiger partial charge in [0.2, 0.25) is 0 Å². The van der Waals surface area contributed by atoms with E-state index in [-0.39, 0.29) is 6.61 Å². The molecule has 0 unspecified atom stereocenters. The summed E-state index contributed by atoms with van der Waals surface area (Å²) in [5.41, 5.74) is 1.76. The molecule has 0 saturated carbocycles. The second kappa shape index (κ2) is 4.72. The molecule has 18 heavy (non-hydrogen) atoms. The van der Waals surface area contributed by atoms with Crippen molar-refractivity contribution in [3.05, 3.63) is 53.8 Å². The van der Waals surface area contributed by atoms with Gasteiger partial charge < -0.3 is 5.11 Å². The van der Waals surface area contributed by atoms with Crippen LogP contribution in [0, 0.1) is 0 Å². The predicted octanol–water partition coefficient (Wildman–Crippen LogP) is 2.49. The van der Waals surface area contributed by atoms with E-state index >= 15 is 0 Å². The third-order valence-electron chi connectivity index (χ3n) is 2.59. The molecule has 0 fully saturated rings. The number of nitrogens with zero attached hydrogens (tertiary/aromatic N) is 3. The van der Waals surface area contributed by atoms with Crippen LogP contribution >= 0.6 is 11.3 Å². The number of thiophene rings is 1. The number of aliphatic hydroxyl groups is 1. The summed E-state index contributed by atoms with van der Waals surface area (Å²) in [6.45, 7) is -0.0579. The number of aromatic nitrogens is 3. The Morgan fingerprint density at radius 1 is 1.28 bits per heavy atom. The Hall–Kier alpha value is -1.98. The zero-order chi connectivity index (χ0) is 12.4. The molecule has 0 aliphatic rings. The molecule has 5 heteroatoms. The second-order valence-corrected chi connectivity index (χ2v) is 4.74. The summed E-state index contributed by atoms with van der Waals surface area (Å²) in [6, 6.07) is 9.84. The molecule has 0 aliphatic heterocycles. The highest BCUT2D eigenvalue weighted by atomic mass is 32.1. The van der Waals surface area contributed by atoms with Gasteiger partial charge in [-0.25, -0.2) is 9.67 Å². The Bertz CT molecular complexity index is 646. The van der Waals surface area contributed by atoms with Crippen LogP contribution in [0.2, 0.25) is 0 Å². The van der Waals surface area contributed by atoms with Gasteiger partial charge in [-0.1, -0.05) is 6.07 Å². The van der Waals surface area contributed by atoms with Crippen molar-refractivity contribution in [3.63, 3.8) is 0 Å². The van der Waals surface area contributed by atoms with Crippen LogP contribution in [0.5, 0.6) is 0 Å². The molecule has 90 valence electrons. The zero-order valence-electron chi connectivity index (χ0n) is 9.52. The van der Waals surface area contributed by atoms with Gasteiger partial charge in [0, 0.05) is 17.3 Å². The summed E-state index contributed by atoms with van der Waals surface area (Å²) < 4.78 is 1.67. The third-order valence-corrected chi connectivity index (χ3v) is 3.51.